The van der Waals surface area contributed by atoms with Gasteiger partial charge in [-0.3, -0.25) is 4.99 Å². The van der Waals surface area contributed by atoms with Crippen molar-refractivity contribution in [2.45, 2.75) is 46.1 Å². The van der Waals surface area contributed by atoms with Crippen LogP contribution in [0.2, 0.25) is 0 Å². The lowest BCUT2D eigenvalue weighted by Crippen LogP contribution is -2.38. The van der Waals surface area contributed by atoms with Gasteiger partial charge in [0.25, 0.3) is 0 Å². The average Bonchev–Trinajstić information content (AvgIpc) is 3.16. The molecule has 0 unspecified atom stereocenters. The summed E-state index contributed by atoms with van der Waals surface area (Å²) < 4.78 is 7.09. The van der Waals surface area contributed by atoms with E-state index in [4.69, 9.17) is 4.74 Å². The van der Waals surface area contributed by atoms with Gasteiger partial charge in [0.2, 0.25) is 0 Å². The van der Waals surface area contributed by atoms with Gasteiger partial charge in [0, 0.05) is 32.4 Å². The van der Waals surface area contributed by atoms with E-state index in [9.17, 15) is 4.79 Å². The van der Waals surface area contributed by atoms with Gasteiger partial charge >= 0.3 is 6.09 Å². The van der Waals surface area contributed by atoms with Crippen LogP contribution in [0.15, 0.2) is 47.7 Å². The number of carbonyl (C=O) groups is 1. The Bertz CT molecular complexity index is 802. The summed E-state index contributed by atoms with van der Waals surface area (Å²) in [4.78, 5) is 16.2. The van der Waals surface area contributed by atoms with Crippen molar-refractivity contribution in [3.05, 3.63) is 48.3 Å². The summed E-state index contributed by atoms with van der Waals surface area (Å²) in [6.07, 6.45) is 5.12. The van der Waals surface area contributed by atoms with Gasteiger partial charge in [0.1, 0.15) is 5.60 Å². The Hall–Kier alpha value is -2.30. The van der Waals surface area contributed by atoms with Gasteiger partial charge in [-0.05, 0) is 58.2 Å². The zero-order valence-corrected chi connectivity index (χ0v) is 21.2. The lowest BCUT2D eigenvalue weighted by molar-refractivity contribution is 0.0527. The van der Waals surface area contributed by atoms with E-state index < -0.39 is 11.7 Å². The number of ether oxygens (including phenoxy) is 1. The molecule has 0 fully saturated rings. The van der Waals surface area contributed by atoms with Gasteiger partial charge in [-0.15, -0.1) is 24.0 Å². The van der Waals surface area contributed by atoms with Crippen molar-refractivity contribution < 1.29 is 9.53 Å². The second kappa shape index (κ2) is 13.9. The summed E-state index contributed by atoms with van der Waals surface area (Å²) in [6, 6.07) is 10.1. The Morgan fingerprint density at radius 1 is 1.13 bits per heavy atom. The molecule has 0 atom stereocenters. The molecule has 2 aromatic rings. The van der Waals surface area contributed by atoms with E-state index in [0.717, 1.165) is 43.1 Å². The molecular weight excluding hydrogens is 507 g/mol. The summed E-state index contributed by atoms with van der Waals surface area (Å²) in [6.45, 7) is 10.2. The highest BCUT2D eigenvalue weighted by Gasteiger charge is 2.15. The minimum atomic E-state index is -0.484. The van der Waals surface area contributed by atoms with Crippen LogP contribution in [0.4, 0.5) is 4.79 Å². The number of hydrogen-bond donors (Lipinski definition) is 3. The van der Waals surface area contributed by atoms with E-state index >= 15 is 0 Å². The molecule has 0 aliphatic heterocycles. The molecule has 9 heteroatoms. The maximum absolute atomic E-state index is 11.6. The van der Waals surface area contributed by atoms with Crippen molar-refractivity contribution >= 4 is 36.0 Å². The molecule has 0 aliphatic rings. The largest absolute Gasteiger partial charge is 0.444 e. The highest BCUT2D eigenvalue weighted by Crippen LogP contribution is 2.08. The number of hydrogen-bond acceptors (Lipinski definition) is 4. The van der Waals surface area contributed by atoms with Gasteiger partial charge in [-0.2, -0.15) is 5.10 Å². The highest BCUT2D eigenvalue weighted by atomic mass is 127. The number of nitrogens with zero attached hydrogens (tertiary/aromatic N) is 3. The minimum Gasteiger partial charge on any atom is -0.444 e. The SMILES string of the molecule is CCNC(=NCCCNC(=O)OC(C)(C)C)NCCc1cnn(-c2ccccc2)c1.I. The number of halogens is 1. The third-order valence-electron chi connectivity index (χ3n) is 3.98. The Balaban J connectivity index is 0.00000480. The zero-order chi connectivity index (χ0) is 21.8. The lowest BCUT2D eigenvalue weighted by Gasteiger charge is -2.19. The number of nitrogens with one attached hydrogen (secondary N) is 3. The first kappa shape index (κ1) is 26.7. The normalized spacial score (nSPS) is 11.4. The van der Waals surface area contributed by atoms with Crippen molar-refractivity contribution in [2.24, 2.45) is 4.99 Å². The summed E-state index contributed by atoms with van der Waals surface area (Å²) in [5.41, 5.74) is 1.72. The van der Waals surface area contributed by atoms with Crippen molar-refractivity contribution in [3.8, 4) is 5.69 Å². The third kappa shape index (κ3) is 11.0. The molecule has 2 rings (SSSR count). The van der Waals surface area contributed by atoms with Crippen LogP contribution in [0.3, 0.4) is 0 Å². The molecule has 0 spiro atoms. The van der Waals surface area contributed by atoms with Crippen LogP contribution in [0.5, 0.6) is 0 Å². The second-order valence-electron chi connectivity index (χ2n) is 7.85. The standard InChI is InChI=1S/C22H34N6O2.HI/c1-5-23-20(24-13-9-14-26-21(29)30-22(2,3)4)25-15-12-18-16-27-28(17-18)19-10-7-6-8-11-19;/h6-8,10-11,16-17H,5,9,12-15H2,1-4H3,(H,26,29)(H2,23,24,25);1H. The Morgan fingerprint density at radius 2 is 1.87 bits per heavy atom. The highest BCUT2D eigenvalue weighted by molar-refractivity contribution is 14.0. The number of alkyl carbamates (subject to hydrolysis) is 1. The predicted octanol–water partition coefficient (Wildman–Crippen LogP) is 3.50. The number of carbonyl (C=O) groups excluding carboxylic acids is 1. The topological polar surface area (TPSA) is 92.6 Å². The first-order valence-corrected chi connectivity index (χ1v) is 10.5. The lowest BCUT2D eigenvalue weighted by atomic mass is 10.2. The molecule has 0 saturated heterocycles. The fraction of sp³-hybridized carbons (Fsp3) is 0.500. The number of rotatable bonds is 9. The molecule has 1 heterocycles. The summed E-state index contributed by atoms with van der Waals surface area (Å²) >= 11 is 0. The molecule has 31 heavy (non-hydrogen) atoms. The summed E-state index contributed by atoms with van der Waals surface area (Å²) in [5.74, 6) is 0.769. The first-order valence-electron chi connectivity index (χ1n) is 10.5. The van der Waals surface area contributed by atoms with Gasteiger partial charge in [0.05, 0.1) is 11.9 Å². The van der Waals surface area contributed by atoms with Gasteiger partial charge in [-0.25, -0.2) is 9.48 Å². The van der Waals surface area contributed by atoms with Crippen molar-refractivity contribution in [3.63, 3.8) is 0 Å². The number of benzene rings is 1. The zero-order valence-electron chi connectivity index (χ0n) is 18.9. The van der Waals surface area contributed by atoms with E-state index in [-0.39, 0.29) is 24.0 Å². The molecule has 0 bridgehead atoms. The number of para-hydroxylation sites is 1. The van der Waals surface area contributed by atoms with Gasteiger partial charge < -0.3 is 20.7 Å². The van der Waals surface area contributed by atoms with Crippen LogP contribution in [0.1, 0.15) is 39.7 Å². The summed E-state index contributed by atoms with van der Waals surface area (Å²) in [5, 5.41) is 13.7. The molecule has 3 N–H and O–H groups in total. The smallest absolute Gasteiger partial charge is 0.407 e. The average molecular weight is 542 g/mol. The van der Waals surface area contributed by atoms with Crippen molar-refractivity contribution in [1.29, 1.82) is 0 Å². The Morgan fingerprint density at radius 3 is 2.55 bits per heavy atom. The molecule has 0 saturated carbocycles. The number of amides is 1. The fourth-order valence-electron chi connectivity index (χ4n) is 2.65. The maximum atomic E-state index is 11.6. The van der Waals surface area contributed by atoms with Gasteiger partial charge in [0.15, 0.2) is 5.96 Å². The van der Waals surface area contributed by atoms with Crippen LogP contribution in [-0.2, 0) is 11.2 Å². The summed E-state index contributed by atoms with van der Waals surface area (Å²) in [7, 11) is 0. The quantitative estimate of drug-likeness (QED) is 0.195. The Kier molecular flexibility index (Phi) is 12.0. The molecule has 1 aromatic heterocycles. The van der Waals surface area contributed by atoms with E-state index in [1.54, 1.807) is 0 Å². The van der Waals surface area contributed by atoms with Crippen LogP contribution in [0.25, 0.3) is 5.69 Å². The second-order valence-corrected chi connectivity index (χ2v) is 7.85. The minimum absolute atomic E-state index is 0. The van der Waals surface area contributed by atoms with Crippen LogP contribution >= 0.6 is 24.0 Å². The molecule has 0 radical (unpaired) electrons. The van der Waals surface area contributed by atoms with E-state index in [0.29, 0.717) is 13.1 Å². The third-order valence-corrected chi connectivity index (χ3v) is 3.98. The van der Waals surface area contributed by atoms with E-state index in [2.05, 4.69) is 26.0 Å². The number of aromatic nitrogens is 2. The molecule has 172 valence electrons. The van der Waals surface area contributed by atoms with Crippen LogP contribution in [0, 0.1) is 0 Å². The van der Waals surface area contributed by atoms with Crippen LogP contribution < -0.4 is 16.0 Å². The van der Waals surface area contributed by atoms with Gasteiger partial charge in [-0.1, -0.05) is 18.2 Å². The fourth-order valence-corrected chi connectivity index (χ4v) is 2.65. The number of guanidine groups is 1. The molecule has 8 nitrogen and oxygen atoms in total. The molecular formula is C22H35IN6O2. The molecule has 1 aromatic carbocycles. The molecule has 1 amide bonds. The van der Waals surface area contributed by atoms with E-state index in [1.807, 2.05) is 75.1 Å². The monoisotopic (exact) mass is 542 g/mol. The molecule has 0 aliphatic carbocycles. The van der Waals surface area contributed by atoms with Crippen LogP contribution in [-0.4, -0.2) is 53.6 Å². The maximum Gasteiger partial charge on any atom is 0.407 e. The number of aliphatic imine (C=N–C) groups is 1. The van der Waals surface area contributed by atoms with Crippen molar-refractivity contribution in [2.75, 3.05) is 26.2 Å². The first-order chi connectivity index (χ1) is 14.4. The predicted molar refractivity (Wildman–Crippen MR) is 136 cm³/mol. The van der Waals surface area contributed by atoms with Crippen molar-refractivity contribution in [1.82, 2.24) is 25.7 Å². The van der Waals surface area contributed by atoms with E-state index in [1.165, 1.54) is 0 Å². The Labute approximate surface area is 202 Å².